The van der Waals surface area contributed by atoms with Gasteiger partial charge in [0, 0.05) is 44.8 Å². The van der Waals surface area contributed by atoms with E-state index in [0.717, 1.165) is 50.1 Å². The van der Waals surface area contributed by atoms with E-state index in [1.165, 1.54) is 11.1 Å². The SMILES string of the molecule is CN(C)c1ccc(CC(=O)NC2CCN(CCC(c3ccccc3)c3ccccc3)CC2)cc1. The lowest BCUT2D eigenvalue weighted by Gasteiger charge is -2.33. The molecule has 1 N–H and O–H groups in total. The van der Waals surface area contributed by atoms with Gasteiger partial charge in [0.05, 0.1) is 6.42 Å². The van der Waals surface area contributed by atoms with Crippen molar-refractivity contribution in [2.75, 3.05) is 38.6 Å². The fourth-order valence-corrected chi connectivity index (χ4v) is 4.89. The standard InChI is InChI=1S/C30H37N3O/c1-32(2)28-15-13-24(14-16-28)23-30(34)31-27-17-20-33(21-18-27)22-19-29(25-9-5-3-6-10-25)26-11-7-4-8-12-26/h3-16,27,29H,17-23H2,1-2H3,(H,31,34). The zero-order valence-corrected chi connectivity index (χ0v) is 20.5. The van der Waals surface area contributed by atoms with Crippen molar-refractivity contribution in [1.82, 2.24) is 10.2 Å². The Hall–Kier alpha value is -3.11. The van der Waals surface area contributed by atoms with Crippen LogP contribution >= 0.6 is 0 Å². The number of nitrogens with zero attached hydrogens (tertiary/aromatic N) is 2. The second-order valence-electron chi connectivity index (χ2n) is 9.58. The zero-order chi connectivity index (χ0) is 23.8. The Morgan fingerprint density at radius 3 is 1.97 bits per heavy atom. The lowest BCUT2D eigenvalue weighted by molar-refractivity contribution is -0.121. The van der Waals surface area contributed by atoms with Crippen molar-refractivity contribution in [2.45, 2.75) is 37.6 Å². The maximum Gasteiger partial charge on any atom is 0.224 e. The number of hydrogen-bond donors (Lipinski definition) is 1. The molecule has 1 heterocycles. The van der Waals surface area contributed by atoms with Crippen LogP contribution in [0.1, 0.15) is 41.9 Å². The van der Waals surface area contributed by atoms with Crippen molar-refractivity contribution in [2.24, 2.45) is 0 Å². The van der Waals surface area contributed by atoms with Gasteiger partial charge in [-0.1, -0.05) is 72.8 Å². The van der Waals surface area contributed by atoms with Gasteiger partial charge in [-0.2, -0.15) is 0 Å². The Morgan fingerprint density at radius 2 is 1.44 bits per heavy atom. The number of rotatable bonds is 9. The molecule has 0 saturated carbocycles. The summed E-state index contributed by atoms with van der Waals surface area (Å²) in [6.07, 6.45) is 3.59. The Morgan fingerprint density at radius 1 is 0.882 bits per heavy atom. The van der Waals surface area contributed by atoms with Gasteiger partial charge < -0.3 is 15.1 Å². The van der Waals surface area contributed by atoms with Gasteiger partial charge in [-0.15, -0.1) is 0 Å². The molecule has 0 spiro atoms. The molecular formula is C30H37N3O. The summed E-state index contributed by atoms with van der Waals surface area (Å²) in [5.41, 5.74) is 4.98. The van der Waals surface area contributed by atoms with E-state index in [-0.39, 0.29) is 11.9 Å². The predicted molar refractivity (Wildman–Crippen MR) is 141 cm³/mol. The van der Waals surface area contributed by atoms with Gasteiger partial charge in [0.1, 0.15) is 0 Å². The van der Waals surface area contributed by atoms with Gasteiger partial charge in [-0.3, -0.25) is 4.79 Å². The van der Waals surface area contributed by atoms with Crippen LogP contribution in [0.5, 0.6) is 0 Å². The number of piperidine rings is 1. The van der Waals surface area contributed by atoms with Gasteiger partial charge in [0.2, 0.25) is 5.91 Å². The molecule has 4 rings (SSSR count). The number of hydrogen-bond acceptors (Lipinski definition) is 3. The number of amides is 1. The summed E-state index contributed by atoms with van der Waals surface area (Å²) in [6, 6.07) is 30.2. The topological polar surface area (TPSA) is 35.6 Å². The first-order chi connectivity index (χ1) is 16.6. The number of likely N-dealkylation sites (tertiary alicyclic amines) is 1. The fourth-order valence-electron chi connectivity index (χ4n) is 4.89. The summed E-state index contributed by atoms with van der Waals surface area (Å²) in [5, 5.41) is 3.27. The first kappa shape index (κ1) is 24.0. The minimum Gasteiger partial charge on any atom is -0.378 e. The highest BCUT2D eigenvalue weighted by molar-refractivity contribution is 5.79. The molecule has 1 amide bonds. The van der Waals surface area contributed by atoms with Gasteiger partial charge in [0.25, 0.3) is 0 Å². The molecule has 3 aromatic carbocycles. The molecule has 4 nitrogen and oxygen atoms in total. The molecule has 0 aromatic heterocycles. The summed E-state index contributed by atoms with van der Waals surface area (Å²) in [6.45, 7) is 3.16. The largest absolute Gasteiger partial charge is 0.378 e. The molecule has 1 aliphatic rings. The number of carbonyl (C=O) groups excluding carboxylic acids is 1. The van der Waals surface area contributed by atoms with E-state index in [4.69, 9.17) is 0 Å². The van der Waals surface area contributed by atoms with Crippen LogP contribution in [0, 0.1) is 0 Å². The maximum atomic E-state index is 12.6. The predicted octanol–water partition coefficient (Wildman–Crippen LogP) is 5.10. The molecule has 4 heteroatoms. The molecule has 34 heavy (non-hydrogen) atoms. The lowest BCUT2D eigenvalue weighted by Crippen LogP contribution is -2.45. The van der Waals surface area contributed by atoms with Crippen LogP contribution in [-0.4, -0.2) is 50.6 Å². The molecule has 0 bridgehead atoms. The lowest BCUT2D eigenvalue weighted by atomic mass is 9.88. The number of anilines is 1. The molecule has 1 saturated heterocycles. The summed E-state index contributed by atoms with van der Waals surface area (Å²) < 4.78 is 0. The van der Waals surface area contributed by atoms with E-state index in [1.807, 2.05) is 26.2 Å². The Bertz CT molecular complexity index is 970. The highest BCUT2D eigenvalue weighted by Crippen LogP contribution is 2.28. The summed E-state index contributed by atoms with van der Waals surface area (Å²) >= 11 is 0. The van der Waals surface area contributed by atoms with Crippen molar-refractivity contribution in [3.8, 4) is 0 Å². The second-order valence-corrected chi connectivity index (χ2v) is 9.58. The Balaban J connectivity index is 1.24. The third kappa shape index (κ3) is 6.71. The van der Waals surface area contributed by atoms with Gasteiger partial charge in [-0.25, -0.2) is 0 Å². The van der Waals surface area contributed by atoms with E-state index in [0.29, 0.717) is 12.3 Å². The molecule has 0 radical (unpaired) electrons. The average molecular weight is 456 g/mol. The van der Waals surface area contributed by atoms with E-state index in [2.05, 4.69) is 87.9 Å². The van der Waals surface area contributed by atoms with Crippen LogP contribution in [0.4, 0.5) is 5.69 Å². The van der Waals surface area contributed by atoms with Crippen molar-refractivity contribution < 1.29 is 4.79 Å². The van der Waals surface area contributed by atoms with Crippen molar-refractivity contribution >= 4 is 11.6 Å². The highest BCUT2D eigenvalue weighted by atomic mass is 16.1. The molecule has 1 fully saturated rings. The van der Waals surface area contributed by atoms with Crippen LogP contribution in [0.3, 0.4) is 0 Å². The maximum absolute atomic E-state index is 12.6. The molecule has 0 unspecified atom stereocenters. The van der Waals surface area contributed by atoms with Crippen molar-refractivity contribution in [3.63, 3.8) is 0 Å². The Kier molecular flexibility index (Phi) is 8.37. The third-order valence-electron chi connectivity index (χ3n) is 6.91. The monoisotopic (exact) mass is 455 g/mol. The van der Waals surface area contributed by atoms with E-state index in [1.54, 1.807) is 0 Å². The van der Waals surface area contributed by atoms with E-state index >= 15 is 0 Å². The first-order valence-corrected chi connectivity index (χ1v) is 12.5. The number of nitrogens with one attached hydrogen (secondary N) is 1. The molecule has 1 aliphatic heterocycles. The van der Waals surface area contributed by atoms with Crippen molar-refractivity contribution in [1.29, 1.82) is 0 Å². The van der Waals surface area contributed by atoms with E-state index in [9.17, 15) is 4.79 Å². The van der Waals surface area contributed by atoms with Crippen LogP contribution < -0.4 is 10.2 Å². The molecule has 178 valence electrons. The highest BCUT2D eigenvalue weighted by Gasteiger charge is 2.22. The minimum absolute atomic E-state index is 0.129. The first-order valence-electron chi connectivity index (χ1n) is 12.5. The molecule has 0 aliphatic carbocycles. The minimum atomic E-state index is 0.129. The van der Waals surface area contributed by atoms with Crippen molar-refractivity contribution in [3.05, 3.63) is 102 Å². The quantitative estimate of drug-likeness (QED) is 0.488. The van der Waals surface area contributed by atoms with Crippen LogP contribution in [0.25, 0.3) is 0 Å². The molecule has 3 aromatic rings. The number of carbonyl (C=O) groups is 1. The van der Waals surface area contributed by atoms with Gasteiger partial charge in [-0.05, 0) is 54.6 Å². The fraction of sp³-hybridized carbons (Fsp3) is 0.367. The second kappa shape index (κ2) is 11.8. The molecule has 0 atom stereocenters. The average Bonchev–Trinajstić information content (AvgIpc) is 2.87. The van der Waals surface area contributed by atoms with Gasteiger partial charge >= 0.3 is 0 Å². The summed E-state index contributed by atoms with van der Waals surface area (Å²) in [7, 11) is 4.05. The third-order valence-corrected chi connectivity index (χ3v) is 6.91. The van der Waals surface area contributed by atoms with E-state index < -0.39 is 0 Å². The number of benzene rings is 3. The smallest absolute Gasteiger partial charge is 0.224 e. The van der Waals surface area contributed by atoms with Gasteiger partial charge in [0.15, 0.2) is 0 Å². The molecular weight excluding hydrogens is 418 g/mol. The normalized spacial score (nSPS) is 14.8. The summed E-state index contributed by atoms with van der Waals surface area (Å²) in [5.74, 6) is 0.544. The summed E-state index contributed by atoms with van der Waals surface area (Å²) in [4.78, 5) is 17.2. The van der Waals surface area contributed by atoms with Crippen LogP contribution in [0.15, 0.2) is 84.9 Å². The van der Waals surface area contributed by atoms with Crippen LogP contribution in [0.2, 0.25) is 0 Å². The van der Waals surface area contributed by atoms with Crippen LogP contribution in [-0.2, 0) is 11.2 Å². The Labute approximate surface area is 204 Å². The zero-order valence-electron chi connectivity index (χ0n) is 20.5.